The van der Waals surface area contributed by atoms with Gasteiger partial charge in [-0.2, -0.15) is 0 Å². The van der Waals surface area contributed by atoms with E-state index in [1.54, 1.807) is 0 Å². The number of para-hydroxylation sites is 1. The van der Waals surface area contributed by atoms with Gasteiger partial charge < -0.3 is 15.8 Å². The Morgan fingerprint density at radius 1 is 1.20 bits per heavy atom. The van der Waals surface area contributed by atoms with Crippen molar-refractivity contribution in [3.05, 3.63) is 53.8 Å². The van der Waals surface area contributed by atoms with Crippen molar-refractivity contribution in [2.75, 3.05) is 11.1 Å². The highest BCUT2D eigenvalue weighted by atomic mass is 19.1. The zero-order valence-electron chi connectivity index (χ0n) is 14.9. The topological polar surface area (TPSA) is 64.3 Å². The molecule has 2 atom stereocenters. The minimum Gasteiger partial charge on any atom is -0.480 e. The molecule has 0 aromatic heterocycles. The van der Waals surface area contributed by atoms with Crippen LogP contribution in [0.1, 0.15) is 45.1 Å². The van der Waals surface area contributed by atoms with E-state index in [2.05, 4.69) is 19.2 Å². The average molecular weight is 344 g/mol. The first-order valence-corrected chi connectivity index (χ1v) is 8.57. The van der Waals surface area contributed by atoms with E-state index in [-0.39, 0.29) is 5.69 Å². The van der Waals surface area contributed by atoms with Crippen LogP contribution in [0, 0.1) is 5.82 Å². The Balaban J connectivity index is 2.17. The summed E-state index contributed by atoms with van der Waals surface area (Å²) in [6.45, 7) is 6.07. The van der Waals surface area contributed by atoms with Gasteiger partial charge in [0.1, 0.15) is 11.6 Å². The van der Waals surface area contributed by atoms with Gasteiger partial charge in [-0.15, -0.1) is 0 Å². The second-order valence-corrected chi connectivity index (χ2v) is 6.09. The van der Waals surface area contributed by atoms with Crippen LogP contribution in [0.3, 0.4) is 0 Å². The zero-order valence-corrected chi connectivity index (χ0v) is 14.9. The number of carbonyl (C=O) groups excluding carboxylic acids is 1. The van der Waals surface area contributed by atoms with Gasteiger partial charge in [-0.3, -0.25) is 4.79 Å². The first kappa shape index (κ1) is 18.8. The number of nitrogens with one attached hydrogen (secondary N) is 1. The van der Waals surface area contributed by atoms with Gasteiger partial charge in [-0.25, -0.2) is 4.39 Å². The minimum absolute atomic E-state index is 0.0576. The summed E-state index contributed by atoms with van der Waals surface area (Å²) in [4.78, 5) is 12.5. The Bertz CT molecular complexity index is 733. The molecule has 0 heterocycles. The molecule has 0 spiro atoms. The van der Waals surface area contributed by atoms with Crippen molar-refractivity contribution in [1.29, 1.82) is 0 Å². The SMILES string of the molecule is CC[C@@H](Oc1ccccc1[C@@H](C)CC)C(=O)Nc1cc(N)ccc1F. The summed E-state index contributed by atoms with van der Waals surface area (Å²) in [5.74, 6) is 0.0818. The summed E-state index contributed by atoms with van der Waals surface area (Å²) in [5.41, 5.74) is 7.16. The zero-order chi connectivity index (χ0) is 18.4. The number of halogens is 1. The molecule has 0 saturated heterocycles. The predicted octanol–water partition coefficient (Wildman–Crippen LogP) is 4.72. The van der Waals surface area contributed by atoms with Gasteiger partial charge in [0.25, 0.3) is 5.91 Å². The normalized spacial score (nSPS) is 13.1. The van der Waals surface area contributed by atoms with Crippen LogP contribution in [0.4, 0.5) is 15.8 Å². The Morgan fingerprint density at radius 2 is 1.92 bits per heavy atom. The second kappa shape index (κ2) is 8.51. The third-order valence-corrected chi connectivity index (χ3v) is 4.24. The lowest BCUT2D eigenvalue weighted by Crippen LogP contribution is -2.33. The number of hydrogen-bond acceptors (Lipinski definition) is 3. The van der Waals surface area contributed by atoms with E-state index in [0.29, 0.717) is 23.8 Å². The molecule has 0 aliphatic heterocycles. The number of anilines is 2. The van der Waals surface area contributed by atoms with E-state index >= 15 is 0 Å². The van der Waals surface area contributed by atoms with E-state index in [9.17, 15) is 9.18 Å². The summed E-state index contributed by atoms with van der Waals surface area (Å²) in [6.07, 6.45) is 0.716. The number of carbonyl (C=O) groups is 1. The maximum atomic E-state index is 13.8. The van der Waals surface area contributed by atoms with Crippen LogP contribution in [0.15, 0.2) is 42.5 Å². The fourth-order valence-corrected chi connectivity index (χ4v) is 2.54. The van der Waals surface area contributed by atoms with Crippen LogP contribution in [-0.4, -0.2) is 12.0 Å². The van der Waals surface area contributed by atoms with Crippen molar-refractivity contribution >= 4 is 17.3 Å². The Kier molecular flexibility index (Phi) is 6.39. The lowest BCUT2D eigenvalue weighted by Gasteiger charge is -2.21. The van der Waals surface area contributed by atoms with Crippen LogP contribution < -0.4 is 15.8 Å². The van der Waals surface area contributed by atoms with Gasteiger partial charge >= 0.3 is 0 Å². The van der Waals surface area contributed by atoms with Crippen LogP contribution in [-0.2, 0) is 4.79 Å². The monoisotopic (exact) mass is 344 g/mol. The molecule has 0 fully saturated rings. The average Bonchev–Trinajstić information content (AvgIpc) is 2.62. The van der Waals surface area contributed by atoms with E-state index in [0.717, 1.165) is 12.0 Å². The van der Waals surface area contributed by atoms with Crippen LogP contribution in [0.5, 0.6) is 5.75 Å². The number of nitrogens with two attached hydrogens (primary N) is 1. The Hall–Kier alpha value is -2.56. The molecule has 5 heteroatoms. The molecule has 0 unspecified atom stereocenters. The largest absolute Gasteiger partial charge is 0.480 e. The molecule has 134 valence electrons. The smallest absolute Gasteiger partial charge is 0.265 e. The lowest BCUT2D eigenvalue weighted by atomic mass is 9.98. The minimum atomic E-state index is -0.717. The standard InChI is InChI=1S/C20H25FN2O2/c1-4-13(3)15-8-6-7-9-19(15)25-18(5-2)20(24)23-17-12-14(22)10-11-16(17)21/h6-13,18H,4-5,22H2,1-3H3,(H,23,24)/t13-,18+/m0/s1. The number of amides is 1. The highest BCUT2D eigenvalue weighted by Crippen LogP contribution is 2.29. The summed E-state index contributed by atoms with van der Waals surface area (Å²) in [5, 5.41) is 2.57. The molecule has 1 amide bonds. The fraction of sp³-hybridized carbons (Fsp3) is 0.350. The van der Waals surface area contributed by atoms with Crippen LogP contribution in [0.2, 0.25) is 0 Å². The molecular weight excluding hydrogens is 319 g/mol. The van der Waals surface area contributed by atoms with Gasteiger partial charge in [0, 0.05) is 5.69 Å². The van der Waals surface area contributed by atoms with E-state index in [1.807, 2.05) is 31.2 Å². The molecular formula is C20H25FN2O2. The number of nitrogen functional groups attached to an aromatic ring is 1. The van der Waals surface area contributed by atoms with Crippen LogP contribution in [0.25, 0.3) is 0 Å². The van der Waals surface area contributed by atoms with Gasteiger partial charge in [-0.05, 0) is 48.6 Å². The molecule has 0 bridgehead atoms. The van der Waals surface area contributed by atoms with Crippen molar-refractivity contribution in [1.82, 2.24) is 0 Å². The predicted molar refractivity (Wildman–Crippen MR) is 99.3 cm³/mol. The lowest BCUT2D eigenvalue weighted by molar-refractivity contribution is -0.122. The molecule has 2 rings (SSSR count). The highest BCUT2D eigenvalue weighted by Gasteiger charge is 2.21. The molecule has 2 aromatic rings. The van der Waals surface area contributed by atoms with Crippen molar-refractivity contribution in [3.8, 4) is 5.75 Å². The van der Waals surface area contributed by atoms with Crippen molar-refractivity contribution in [2.45, 2.75) is 45.6 Å². The highest BCUT2D eigenvalue weighted by molar-refractivity contribution is 5.94. The molecule has 0 radical (unpaired) electrons. The van der Waals surface area contributed by atoms with Gasteiger partial charge in [0.2, 0.25) is 0 Å². The summed E-state index contributed by atoms with van der Waals surface area (Å²) < 4.78 is 19.8. The van der Waals surface area contributed by atoms with Crippen molar-refractivity contribution in [3.63, 3.8) is 0 Å². The van der Waals surface area contributed by atoms with E-state index < -0.39 is 17.8 Å². The first-order chi connectivity index (χ1) is 12.0. The molecule has 25 heavy (non-hydrogen) atoms. The maximum Gasteiger partial charge on any atom is 0.265 e. The van der Waals surface area contributed by atoms with Gasteiger partial charge in [0.05, 0.1) is 5.69 Å². The van der Waals surface area contributed by atoms with Gasteiger partial charge in [-0.1, -0.05) is 39.0 Å². The number of hydrogen-bond donors (Lipinski definition) is 2. The number of rotatable bonds is 7. The number of benzene rings is 2. The molecule has 0 saturated carbocycles. The maximum absolute atomic E-state index is 13.8. The fourth-order valence-electron chi connectivity index (χ4n) is 2.54. The molecule has 3 N–H and O–H groups in total. The Labute approximate surface area is 148 Å². The van der Waals surface area contributed by atoms with E-state index in [4.69, 9.17) is 10.5 Å². The summed E-state index contributed by atoms with van der Waals surface area (Å²) >= 11 is 0. The summed E-state index contributed by atoms with van der Waals surface area (Å²) in [7, 11) is 0. The van der Waals surface area contributed by atoms with Crippen LogP contribution >= 0.6 is 0 Å². The van der Waals surface area contributed by atoms with Gasteiger partial charge in [0.15, 0.2) is 6.10 Å². The number of ether oxygens (including phenoxy) is 1. The van der Waals surface area contributed by atoms with E-state index in [1.165, 1.54) is 18.2 Å². The van der Waals surface area contributed by atoms with Crippen molar-refractivity contribution in [2.24, 2.45) is 0 Å². The molecule has 0 aliphatic rings. The first-order valence-electron chi connectivity index (χ1n) is 8.57. The second-order valence-electron chi connectivity index (χ2n) is 6.09. The third-order valence-electron chi connectivity index (χ3n) is 4.24. The Morgan fingerprint density at radius 3 is 2.60 bits per heavy atom. The molecule has 4 nitrogen and oxygen atoms in total. The molecule has 0 aliphatic carbocycles. The van der Waals surface area contributed by atoms with Crippen molar-refractivity contribution < 1.29 is 13.9 Å². The molecule has 2 aromatic carbocycles. The third kappa shape index (κ3) is 4.72. The summed E-state index contributed by atoms with van der Waals surface area (Å²) in [6, 6.07) is 11.8. The quantitative estimate of drug-likeness (QED) is 0.715.